The molecule has 42 heavy (non-hydrogen) atoms. The molecule has 0 aliphatic carbocycles. The number of nitrogens with one attached hydrogen (secondary N) is 1. The molecule has 0 aliphatic rings. The fourth-order valence-corrected chi connectivity index (χ4v) is 6.21. The molecule has 226 valence electrons. The van der Waals surface area contributed by atoms with Crippen molar-refractivity contribution in [3.63, 3.8) is 0 Å². The second kappa shape index (κ2) is 15.0. The highest BCUT2D eigenvalue weighted by atomic mass is 35.5. The van der Waals surface area contributed by atoms with E-state index < -0.39 is 34.4 Å². The second-order valence-corrected chi connectivity index (χ2v) is 13.7. The van der Waals surface area contributed by atoms with Gasteiger partial charge in [0.2, 0.25) is 21.8 Å². The molecule has 0 unspecified atom stereocenters. The Bertz CT molecular complexity index is 1520. The molecular weight excluding hydrogens is 664 g/mol. The summed E-state index contributed by atoms with van der Waals surface area (Å²) in [4.78, 5) is 29.3. The maximum absolute atomic E-state index is 14.2. The van der Waals surface area contributed by atoms with Crippen molar-refractivity contribution in [1.29, 1.82) is 0 Å². The van der Waals surface area contributed by atoms with Crippen LogP contribution in [0.25, 0.3) is 0 Å². The van der Waals surface area contributed by atoms with E-state index in [0.29, 0.717) is 12.0 Å². The Morgan fingerprint density at radius 1 is 0.857 bits per heavy atom. The molecule has 7 nitrogen and oxygen atoms in total. The molecule has 2 amide bonds. The molecule has 3 aromatic carbocycles. The molecule has 0 heterocycles. The van der Waals surface area contributed by atoms with Crippen molar-refractivity contribution in [1.82, 2.24) is 10.2 Å². The fourth-order valence-electron chi connectivity index (χ4n) is 4.15. The third-order valence-corrected chi connectivity index (χ3v) is 9.46. The first kappa shape index (κ1) is 34.3. The van der Waals surface area contributed by atoms with Crippen molar-refractivity contribution in [3.05, 3.63) is 96.9 Å². The zero-order valence-corrected chi connectivity index (χ0v) is 27.7. The van der Waals surface area contributed by atoms with Gasteiger partial charge < -0.3 is 10.2 Å². The van der Waals surface area contributed by atoms with E-state index in [1.54, 1.807) is 18.2 Å². The Hall–Kier alpha value is -2.20. The molecule has 0 bridgehead atoms. The van der Waals surface area contributed by atoms with Crippen LogP contribution in [0.1, 0.15) is 31.4 Å². The number of amides is 2. The van der Waals surface area contributed by atoms with E-state index >= 15 is 0 Å². The van der Waals surface area contributed by atoms with E-state index in [9.17, 15) is 18.0 Å². The van der Waals surface area contributed by atoms with Crippen LogP contribution in [0.2, 0.25) is 25.1 Å². The van der Waals surface area contributed by atoms with Gasteiger partial charge in [0.25, 0.3) is 0 Å². The van der Waals surface area contributed by atoms with Crippen LogP contribution in [-0.2, 0) is 32.6 Å². The Morgan fingerprint density at radius 3 is 2.02 bits per heavy atom. The lowest BCUT2D eigenvalue weighted by atomic mass is 10.0. The third-order valence-electron chi connectivity index (χ3n) is 6.60. The maximum Gasteiger partial charge on any atom is 0.244 e. The molecule has 0 radical (unpaired) electrons. The average molecular weight is 694 g/mol. The van der Waals surface area contributed by atoms with Gasteiger partial charge in [-0.15, -0.1) is 0 Å². The summed E-state index contributed by atoms with van der Waals surface area (Å²) in [7, 11) is -4.07. The van der Waals surface area contributed by atoms with Crippen LogP contribution in [0.5, 0.6) is 0 Å². The Morgan fingerprint density at radius 2 is 1.45 bits per heavy atom. The highest BCUT2D eigenvalue weighted by molar-refractivity contribution is 7.92. The summed E-state index contributed by atoms with van der Waals surface area (Å²) in [6.45, 7) is 2.91. The fraction of sp³-hybridized carbons (Fsp3) is 0.310. The zero-order chi connectivity index (χ0) is 31.2. The maximum atomic E-state index is 14.2. The van der Waals surface area contributed by atoms with Crippen LogP contribution in [0.15, 0.2) is 60.7 Å². The number of rotatable bonds is 12. The van der Waals surface area contributed by atoms with Gasteiger partial charge in [-0.3, -0.25) is 13.9 Å². The molecule has 0 saturated heterocycles. The van der Waals surface area contributed by atoms with Gasteiger partial charge in [-0.25, -0.2) is 8.42 Å². The van der Waals surface area contributed by atoms with Crippen molar-refractivity contribution in [2.24, 2.45) is 0 Å². The molecule has 3 rings (SSSR count). The Labute approximate surface area is 271 Å². The summed E-state index contributed by atoms with van der Waals surface area (Å²) in [6, 6.07) is 15.4. The van der Waals surface area contributed by atoms with Crippen LogP contribution < -0.4 is 9.62 Å². The molecule has 0 aliphatic heterocycles. The first-order valence-corrected chi connectivity index (χ1v) is 16.7. The number of hydrogen-bond donors (Lipinski definition) is 1. The normalized spacial score (nSPS) is 12.9. The summed E-state index contributed by atoms with van der Waals surface area (Å²) in [5.74, 6) is -1.11. The Balaban J connectivity index is 2.15. The molecule has 13 heteroatoms. The highest BCUT2D eigenvalue weighted by Gasteiger charge is 2.34. The van der Waals surface area contributed by atoms with Gasteiger partial charge in [0.15, 0.2) is 0 Å². The molecule has 0 saturated carbocycles. The first-order chi connectivity index (χ1) is 19.7. The van der Waals surface area contributed by atoms with Gasteiger partial charge in [-0.1, -0.05) is 101 Å². The van der Waals surface area contributed by atoms with Crippen LogP contribution in [0.4, 0.5) is 5.69 Å². The van der Waals surface area contributed by atoms with Crippen molar-refractivity contribution in [2.75, 3.05) is 17.1 Å². The molecule has 2 atom stereocenters. The molecule has 1 N–H and O–H groups in total. The van der Waals surface area contributed by atoms with Crippen molar-refractivity contribution < 1.29 is 18.0 Å². The number of sulfonamides is 1. The molecule has 0 fully saturated rings. The minimum Gasteiger partial charge on any atom is -0.352 e. The highest BCUT2D eigenvalue weighted by Crippen LogP contribution is 2.36. The van der Waals surface area contributed by atoms with E-state index in [1.165, 1.54) is 17.0 Å². The third kappa shape index (κ3) is 8.91. The van der Waals surface area contributed by atoms with E-state index in [0.717, 1.165) is 16.1 Å². The van der Waals surface area contributed by atoms with Crippen LogP contribution in [0.3, 0.4) is 0 Å². The number of benzene rings is 3. The summed E-state index contributed by atoms with van der Waals surface area (Å²) >= 11 is 31.6. The number of halogens is 5. The smallest absolute Gasteiger partial charge is 0.244 e. The van der Waals surface area contributed by atoms with Gasteiger partial charge >= 0.3 is 0 Å². The van der Waals surface area contributed by atoms with E-state index in [4.69, 9.17) is 58.0 Å². The summed E-state index contributed by atoms with van der Waals surface area (Å²) < 4.78 is 26.8. The van der Waals surface area contributed by atoms with Crippen molar-refractivity contribution in [3.8, 4) is 0 Å². The summed E-state index contributed by atoms with van der Waals surface area (Å²) in [5, 5.41) is 3.66. The lowest BCUT2D eigenvalue weighted by Gasteiger charge is -2.34. The quantitative estimate of drug-likeness (QED) is 0.202. The Kier molecular flexibility index (Phi) is 12.2. The van der Waals surface area contributed by atoms with E-state index in [1.807, 2.05) is 44.2 Å². The number of hydrogen-bond acceptors (Lipinski definition) is 4. The van der Waals surface area contributed by atoms with Crippen LogP contribution >= 0.6 is 58.0 Å². The number of carbonyl (C=O) groups excluding carboxylic acids is 2. The number of anilines is 1. The summed E-state index contributed by atoms with van der Waals surface area (Å²) in [6.07, 6.45) is 1.74. The second-order valence-electron chi connectivity index (χ2n) is 9.73. The predicted octanol–water partition coefficient (Wildman–Crippen LogP) is 7.27. The monoisotopic (exact) mass is 691 g/mol. The van der Waals surface area contributed by atoms with Gasteiger partial charge in [0.05, 0.1) is 27.0 Å². The van der Waals surface area contributed by atoms with Gasteiger partial charge in [0.1, 0.15) is 12.6 Å². The first-order valence-electron chi connectivity index (χ1n) is 12.9. The lowest BCUT2D eigenvalue weighted by molar-refractivity contribution is -0.140. The predicted molar refractivity (Wildman–Crippen MR) is 173 cm³/mol. The minimum absolute atomic E-state index is 0.0290. The van der Waals surface area contributed by atoms with Gasteiger partial charge in [-0.05, 0) is 43.2 Å². The molecule has 3 aromatic rings. The zero-order valence-electron chi connectivity index (χ0n) is 23.1. The summed E-state index contributed by atoms with van der Waals surface area (Å²) in [5.41, 5.74) is 1.15. The van der Waals surface area contributed by atoms with E-state index in [-0.39, 0.29) is 49.8 Å². The lowest BCUT2D eigenvalue weighted by Crippen LogP contribution is -2.54. The largest absolute Gasteiger partial charge is 0.352 e. The molecule has 0 spiro atoms. The van der Waals surface area contributed by atoms with Crippen LogP contribution in [0, 0.1) is 0 Å². The number of carbonyl (C=O) groups is 2. The van der Waals surface area contributed by atoms with Crippen LogP contribution in [-0.4, -0.2) is 50.0 Å². The SMILES string of the molecule is CC[C@H](C)NC(=O)[C@@H](Cc1ccccc1)N(Cc1c(Cl)cccc1Cl)C(=O)CN(c1cc(Cl)c(Cl)cc1Cl)S(C)(=O)=O. The molecule has 0 aromatic heterocycles. The van der Waals surface area contributed by atoms with E-state index in [2.05, 4.69) is 5.32 Å². The van der Waals surface area contributed by atoms with Crippen molar-refractivity contribution in [2.45, 2.75) is 45.3 Å². The number of nitrogens with zero attached hydrogens (tertiary/aromatic N) is 2. The molecular formula is C29H30Cl5N3O4S. The minimum atomic E-state index is -4.07. The average Bonchev–Trinajstić information content (AvgIpc) is 2.92. The van der Waals surface area contributed by atoms with Gasteiger partial charge in [0, 0.05) is 34.6 Å². The topological polar surface area (TPSA) is 86.8 Å². The van der Waals surface area contributed by atoms with Gasteiger partial charge in [-0.2, -0.15) is 0 Å². The standard InChI is InChI=1S/C29H30Cl5N3O4S/c1-4-18(2)35-29(39)27(13-19-9-6-5-7-10-19)36(16-20-21(30)11-8-12-22(20)31)28(38)17-37(42(3,40)41)26-15-24(33)23(32)14-25(26)34/h5-12,14-15,18,27H,4,13,16-17H2,1-3H3,(H,35,39)/t18-,27+/m0/s1. The van der Waals surface area contributed by atoms with Crippen molar-refractivity contribution >= 4 is 85.5 Å².